The van der Waals surface area contributed by atoms with Crippen molar-refractivity contribution in [3.8, 4) is 5.75 Å². The molecule has 0 aliphatic carbocycles. The van der Waals surface area contributed by atoms with Gasteiger partial charge in [-0.25, -0.2) is 4.98 Å². The molecule has 1 unspecified atom stereocenters. The van der Waals surface area contributed by atoms with E-state index < -0.39 is 0 Å². The molecule has 202 valence electrons. The molecule has 0 saturated carbocycles. The van der Waals surface area contributed by atoms with Crippen molar-refractivity contribution in [2.75, 3.05) is 56.2 Å². The minimum atomic E-state index is -0.211. The van der Waals surface area contributed by atoms with Crippen LogP contribution in [0, 0.1) is 0 Å². The molecule has 5 heterocycles. The number of nitrogens with zero attached hydrogens (tertiary/aromatic N) is 5. The van der Waals surface area contributed by atoms with E-state index in [1.54, 1.807) is 30.3 Å². The highest BCUT2D eigenvalue weighted by Crippen LogP contribution is 2.34. The number of carbonyl (C=O) groups is 1. The number of methoxy groups -OCH3 is 1. The van der Waals surface area contributed by atoms with Crippen LogP contribution in [0.2, 0.25) is 0 Å². The summed E-state index contributed by atoms with van der Waals surface area (Å²) in [7, 11) is 1.66. The van der Waals surface area contributed by atoms with Gasteiger partial charge in [-0.15, -0.1) is 0 Å². The average Bonchev–Trinajstić information content (AvgIpc) is 3.58. The first-order valence-corrected chi connectivity index (χ1v) is 14.3. The van der Waals surface area contributed by atoms with Crippen molar-refractivity contribution in [1.29, 1.82) is 0 Å². The van der Waals surface area contributed by atoms with Crippen molar-refractivity contribution in [1.82, 2.24) is 14.3 Å². The molecule has 11 heteroatoms. The summed E-state index contributed by atoms with van der Waals surface area (Å²) in [6, 6.07) is 13.5. The Bertz CT molecular complexity index is 1490. The largest absolute Gasteiger partial charge is 0.497 e. The Kier molecular flexibility index (Phi) is 7.28. The van der Waals surface area contributed by atoms with E-state index in [0.29, 0.717) is 52.5 Å². The molecule has 0 N–H and O–H groups in total. The molecule has 1 amide bonds. The van der Waals surface area contributed by atoms with E-state index in [4.69, 9.17) is 26.7 Å². The van der Waals surface area contributed by atoms with Gasteiger partial charge >= 0.3 is 0 Å². The number of hydrogen-bond acceptors (Lipinski definition) is 9. The summed E-state index contributed by atoms with van der Waals surface area (Å²) in [6.45, 7) is 4.06. The maximum Gasteiger partial charge on any atom is 0.267 e. The number of hydrogen-bond donors (Lipinski definition) is 0. The van der Waals surface area contributed by atoms with Crippen LogP contribution in [-0.2, 0) is 9.53 Å². The molecule has 0 spiro atoms. The Morgan fingerprint density at radius 3 is 2.59 bits per heavy atom. The summed E-state index contributed by atoms with van der Waals surface area (Å²) in [5, 5.41) is 0. The predicted molar refractivity (Wildman–Crippen MR) is 158 cm³/mol. The minimum Gasteiger partial charge on any atom is -0.497 e. The third-order valence-corrected chi connectivity index (χ3v) is 8.70. The van der Waals surface area contributed by atoms with Crippen molar-refractivity contribution < 1.29 is 14.3 Å². The number of amides is 1. The number of thioether (sulfide) groups is 1. The summed E-state index contributed by atoms with van der Waals surface area (Å²) in [4.78, 5) is 38.4. The van der Waals surface area contributed by atoms with Crippen LogP contribution in [0.5, 0.6) is 5.75 Å². The number of ether oxygens (including phenoxy) is 2. The van der Waals surface area contributed by atoms with Crippen molar-refractivity contribution in [2.45, 2.75) is 18.9 Å². The first kappa shape index (κ1) is 25.8. The molecule has 2 aromatic heterocycles. The van der Waals surface area contributed by atoms with Gasteiger partial charge < -0.3 is 19.3 Å². The zero-order valence-electron chi connectivity index (χ0n) is 21.6. The van der Waals surface area contributed by atoms with E-state index >= 15 is 0 Å². The number of pyridine rings is 1. The maximum absolute atomic E-state index is 13.7. The molecular formula is C28H29N5O4S2. The molecule has 9 nitrogen and oxygen atoms in total. The number of benzene rings is 1. The number of anilines is 2. The molecule has 3 aliphatic rings. The maximum atomic E-state index is 13.7. The molecule has 0 bridgehead atoms. The highest BCUT2D eigenvalue weighted by Gasteiger charge is 2.35. The molecule has 0 radical (unpaired) electrons. The fraction of sp³-hybridized carbons (Fsp3) is 0.357. The lowest BCUT2D eigenvalue weighted by molar-refractivity contribution is -0.123. The third-order valence-electron chi connectivity index (χ3n) is 7.32. The van der Waals surface area contributed by atoms with Gasteiger partial charge in [0.15, 0.2) is 0 Å². The fourth-order valence-corrected chi connectivity index (χ4v) is 6.47. The molecular weight excluding hydrogens is 534 g/mol. The predicted octanol–water partition coefficient (Wildman–Crippen LogP) is 3.41. The van der Waals surface area contributed by atoms with Crippen LogP contribution in [0.25, 0.3) is 11.7 Å². The number of piperazine rings is 1. The van der Waals surface area contributed by atoms with E-state index in [1.165, 1.54) is 16.2 Å². The highest BCUT2D eigenvalue weighted by molar-refractivity contribution is 8.26. The van der Waals surface area contributed by atoms with Crippen LogP contribution in [-0.4, -0.2) is 77.1 Å². The number of fused-ring (bicyclic) bond motifs is 1. The Balaban J connectivity index is 1.30. The van der Waals surface area contributed by atoms with E-state index in [1.807, 2.05) is 24.3 Å². The van der Waals surface area contributed by atoms with E-state index in [2.05, 4.69) is 21.9 Å². The van der Waals surface area contributed by atoms with Crippen molar-refractivity contribution in [2.24, 2.45) is 0 Å². The Labute approximate surface area is 236 Å². The van der Waals surface area contributed by atoms with Gasteiger partial charge in [-0.05, 0) is 55.3 Å². The monoisotopic (exact) mass is 563 g/mol. The van der Waals surface area contributed by atoms with E-state index in [0.717, 1.165) is 37.4 Å². The smallest absolute Gasteiger partial charge is 0.267 e. The first-order chi connectivity index (χ1) is 19.0. The number of thiocarbonyl (C=S) groups is 1. The second-order valence-electron chi connectivity index (χ2n) is 9.68. The summed E-state index contributed by atoms with van der Waals surface area (Å²) in [5.41, 5.74) is 1.88. The van der Waals surface area contributed by atoms with E-state index in [9.17, 15) is 9.59 Å². The minimum absolute atomic E-state index is 0.00244. The zero-order chi connectivity index (χ0) is 26.9. The van der Waals surface area contributed by atoms with Gasteiger partial charge in [0.25, 0.3) is 11.5 Å². The summed E-state index contributed by atoms with van der Waals surface area (Å²) in [6.07, 6.45) is 5.28. The summed E-state index contributed by atoms with van der Waals surface area (Å²) < 4.78 is 13.0. The van der Waals surface area contributed by atoms with Crippen LogP contribution < -0.4 is 20.1 Å². The van der Waals surface area contributed by atoms with Crippen molar-refractivity contribution in [3.05, 3.63) is 69.5 Å². The lowest BCUT2D eigenvalue weighted by atomic mass is 10.2. The zero-order valence-corrected chi connectivity index (χ0v) is 23.2. The number of carbonyl (C=O) groups excluding carboxylic acids is 1. The molecule has 3 aliphatic heterocycles. The Hall–Kier alpha value is -3.41. The second-order valence-corrected chi connectivity index (χ2v) is 11.4. The average molecular weight is 564 g/mol. The second kappa shape index (κ2) is 11.0. The normalized spacial score (nSPS) is 21.0. The molecule has 3 saturated heterocycles. The van der Waals surface area contributed by atoms with Gasteiger partial charge in [-0.2, -0.15) is 0 Å². The van der Waals surface area contributed by atoms with Gasteiger partial charge in [-0.1, -0.05) is 30.0 Å². The Morgan fingerprint density at radius 2 is 1.87 bits per heavy atom. The van der Waals surface area contributed by atoms with Crippen LogP contribution in [0.3, 0.4) is 0 Å². The van der Waals surface area contributed by atoms with Crippen LogP contribution >= 0.6 is 24.0 Å². The van der Waals surface area contributed by atoms with Gasteiger partial charge in [0.05, 0.1) is 30.2 Å². The molecule has 3 fully saturated rings. The molecule has 1 atom stereocenters. The first-order valence-electron chi connectivity index (χ1n) is 13.0. The van der Waals surface area contributed by atoms with Crippen molar-refractivity contribution in [3.63, 3.8) is 0 Å². The summed E-state index contributed by atoms with van der Waals surface area (Å²) >= 11 is 6.77. The Morgan fingerprint density at radius 1 is 1.10 bits per heavy atom. The topological polar surface area (TPSA) is 79.6 Å². The SMILES string of the molecule is COc1ccc(N2CCN(c3nc4ccccn4c(=O)c3/C=C3/SC(=S)N(CC4CCCO4)C3=O)CC2)cc1. The van der Waals surface area contributed by atoms with Crippen LogP contribution in [0.1, 0.15) is 18.4 Å². The van der Waals surface area contributed by atoms with Crippen LogP contribution in [0.15, 0.2) is 58.4 Å². The lowest BCUT2D eigenvalue weighted by Gasteiger charge is -2.37. The molecule has 39 heavy (non-hydrogen) atoms. The standard InChI is InChI=1S/C28H29N5O4S2/c1-36-20-9-7-19(8-10-20)30-12-14-31(15-13-30)25-22(26(34)32-11-3-2-6-24(32)29-25)17-23-27(35)33(28(38)39-23)18-21-5-4-16-37-21/h2-3,6-11,17,21H,4-5,12-16,18H2,1H3/b23-17+. The molecule has 6 rings (SSSR count). The highest BCUT2D eigenvalue weighted by atomic mass is 32.2. The van der Waals surface area contributed by atoms with E-state index in [-0.39, 0.29) is 17.6 Å². The fourth-order valence-electron chi connectivity index (χ4n) is 5.21. The van der Waals surface area contributed by atoms with Crippen LogP contribution in [0.4, 0.5) is 11.5 Å². The lowest BCUT2D eigenvalue weighted by Crippen LogP contribution is -2.47. The number of rotatable bonds is 6. The van der Waals surface area contributed by atoms with Gasteiger partial charge in [0.1, 0.15) is 21.5 Å². The summed E-state index contributed by atoms with van der Waals surface area (Å²) in [5.74, 6) is 1.22. The van der Waals surface area contributed by atoms with Crippen molar-refractivity contribution >= 4 is 57.4 Å². The van der Waals surface area contributed by atoms with Gasteiger partial charge in [0, 0.05) is 44.7 Å². The molecule has 3 aromatic rings. The van der Waals surface area contributed by atoms with Gasteiger partial charge in [-0.3, -0.25) is 18.9 Å². The molecule has 1 aromatic carbocycles. The number of aromatic nitrogens is 2. The quantitative estimate of drug-likeness (QED) is 0.331. The third kappa shape index (κ3) is 5.13. The van der Waals surface area contributed by atoms with Gasteiger partial charge in [0.2, 0.25) is 0 Å².